The summed E-state index contributed by atoms with van der Waals surface area (Å²) in [5, 5.41) is 0. The molecule has 0 bridgehead atoms. The molecule has 3 nitrogen and oxygen atoms in total. The van der Waals surface area contributed by atoms with E-state index in [9.17, 15) is 0 Å². The summed E-state index contributed by atoms with van der Waals surface area (Å²) < 4.78 is 5.60. The molecule has 0 amide bonds. The second-order valence-electron chi connectivity index (χ2n) is 3.68. The van der Waals surface area contributed by atoms with E-state index in [1.807, 2.05) is 30.5 Å². The Labute approximate surface area is 101 Å². The summed E-state index contributed by atoms with van der Waals surface area (Å²) >= 11 is 0. The molecule has 0 atom stereocenters. The van der Waals surface area contributed by atoms with Gasteiger partial charge in [0, 0.05) is 11.8 Å². The lowest BCUT2D eigenvalue weighted by atomic mass is 10.2. The lowest BCUT2D eigenvalue weighted by Gasteiger charge is -2.05. The average molecular weight is 226 g/mol. The van der Waals surface area contributed by atoms with Crippen LogP contribution in [0.15, 0.2) is 36.8 Å². The topological polar surface area (TPSA) is 37.9 Å². The predicted octanol–water partition coefficient (Wildman–Crippen LogP) is 2.40. The molecule has 1 N–H and O–H groups in total. The van der Waals surface area contributed by atoms with Crippen LogP contribution in [0, 0.1) is 12.3 Å². The van der Waals surface area contributed by atoms with E-state index >= 15 is 0 Å². The van der Waals surface area contributed by atoms with Crippen molar-refractivity contribution in [3.05, 3.63) is 48.0 Å². The Morgan fingerprint density at radius 1 is 1.29 bits per heavy atom. The molecular weight excluding hydrogens is 212 g/mol. The highest BCUT2D eigenvalue weighted by molar-refractivity contribution is 5.36. The molecule has 2 rings (SSSR count). The van der Waals surface area contributed by atoms with Gasteiger partial charge in [0.15, 0.2) is 0 Å². The molecule has 0 aliphatic heterocycles. The van der Waals surface area contributed by atoms with Crippen molar-refractivity contribution in [3.8, 4) is 18.1 Å². The minimum Gasteiger partial charge on any atom is -0.494 e. The van der Waals surface area contributed by atoms with E-state index in [1.165, 1.54) is 0 Å². The van der Waals surface area contributed by atoms with Gasteiger partial charge in [-0.1, -0.05) is 5.92 Å². The monoisotopic (exact) mass is 226 g/mol. The van der Waals surface area contributed by atoms with E-state index in [-0.39, 0.29) is 0 Å². The van der Waals surface area contributed by atoms with Crippen LogP contribution in [0.3, 0.4) is 0 Å². The molecule has 17 heavy (non-hydrogen) atoms. The third kappa shape index (κ3) is 3.39. The van der Waals surface area contributed by atoms with Crippen LogP contribution in [-0.4, -0.2) is 16.6 Å². The number of aromatic nitrogens is 2. The number of aryl methyl sites for hydroxylation is 1. The first-order valence-electron chi connectivity index (χ1n) is 5.55. The number of imidazole rings is 1. The zero-order valence-corrected chi connectivity index (χ0v) is 9.52. The van der Waals surface area contributed by atoms with Gasteiger partial charge in [0.2, 0.25) is 0 Å². The molecule has 2 aromatic rings. The molecule has 0 aliphatic rings. The fourth-order valence-electron chi connectivity index (χ4n) is 1.52. The third-order valence-electron chi connectivity index (χ3n) is 2.42. The zero-order valence-electron chi connectivity index (χ0n) is 9.52. The number of hydrogen-bond acceptors (Lipinski definition) is 2. The highest BCUT2D eigenvalue weighted by Gasteiger charge is 1.96. The van der Waals surface area contributed by atoms with Crippen LogP contribution in [0.25, 0.3) is 0 Å². The fraction of sp³-hybridized carbons (Fsp3) is 0.214. The van der Waals surface area contributed by atoms with Gasteiger partial charge in [-0.3, -0.25) is 0 Å². The van der Waals surface area contributed by atoms with E-state index in [0.717, 1.165) is 29.8 Å². The summed E-state index contributed by atoms with van der Waals surface area (Å²) in [5.74, 6) is 3.43. The Kier molecular flexibility index (Phi) is 3.82. The normalized spacial score (nSPS) is 9.82. The maximum absolute atomic E-state index is 5.60. The van der Waals surface area contributed by atoms with Crippen molar-refractivity contribution in [3.63, 3.8) is 0 Å². The average Bonchev–Trinajstić information content (AvgIpc) is 2.88. The summed E-state index contributed by atoms with van der Waals surface area (Å²) in [6.45, 7) is 0.683. The molecule has 1 aromatic carbocycles. The second kappa shape index (κ2) is 5.76. The maximum Gasteiger partial charge on any atom is 0.119 e. The molecule has 0 spiro atoms. The number of rotatable bonds is 5. The van der Waals surface area contributed by atoms with Crippen LogP contribution in [0.2, 0.25) is 0 Å². The SMILES string of the molecule is C#Cc1ccc(OCCCc2c[nH]cn2)cc1. The Morgan fingerprint density at radius 3 is 2.76 bits per heavy atom. The molecule has 0 aliphatic carbocycles. The molecule has 1 heterocycles. The third-order valence-corrected chi connectivity index (χ3v) is 2.42. The van der Waals surface area contributed by atoms with Crippen molar-refractivity contribution in [2.24, 2.45) is 0 Å². The van der Waals surface area contributed by atoms with Crippen molar-refractivity contribution in [1.82, 2.24) is 9.97 Å². The number of nitrogens with one attached hydrogen (secondary N) is 1. The quantitative estimate of drug-likeness (QED) is 0.628. The predicted molar refractivity (Wildman–Crippen MR) is 66.8 cm³/mol. The van der Waals surface area contributed by atoms with Gasteiger partial charge in [-0.15, -0.1) is 6.42 Å². The molecule has 86 valence electrons. The fourth-order valence-corrected chi connectivity index (χ4v) is 1.52. The molecule has 0 radical (unpaired) electrons. The van der Waals surface area contributed by atoms with Gasteiger partial charge in [0.05, 0.1) is 18.6 Å². The van der Waals surface area contributed by atoms with E-state index in [1.54, 1.807) is 6.33 Å². The van der Waals surface area contributed by atoms with Crippen molar-refractivity contribution in [2.75, 3.05) is 6.61 Å². The Balaban J connectivity index is 1.73. The van der Waals surface area contributed by atoms with E-state index in [2.05, 4.69) is 15.9 Å². The number of ether oxygens (including phenoxy) is 1. The minimum absolute atomic E-state index is 0.683. The smallest absolute Gasteiger partial charge is 0.119 e. The van der Waals surface area contributed by atoms with Gasteiger partial charge in [-0.2, -0.15) is 0 Å². The first-order chi connectivity index (χ1) is 8.38. The molecule has 1 aromatic heterocycles. The largest absolute Gasteiger partial charge is 0.494 e. The van der Waals surface area contributed by atoms with Crippen LogP contribution in [0.4, 0.5) is 0 Å². The Bertz CT molecular complexity index is 480. The van der Waals surface area contributed by atoms with Crippen LogP contribution in [0.5, 0.6) is 5.75 Å². The van der Waals surface area contributed by atoms with Crippen molar-refractivity contribution in [1.29, 1.82) is 0 Å². The van der Waals surface area contributed by atoms with Gasteiger partial charge in [0.25, 0.3) is 0 Å². The van der Waals surface area contributed by atoms with Gasteiger partial charge in [-0.25, -0.2) is 4.98 Å². The summed E-state index contributed by atoms with van der Waals surface area (Å²) in [6, 6.07) is 7.54. The standard InChI is InChI=1S/C14H14N2O/c1-2-12-5-7-14(8-6-12)17-9-3-4-13-10-15-11-16-13/h1,5-8,10-11H,3-4,9H2,(H,15,16). The molecular formula is C14H14N2O. The van der Waals surface area contributed by atoms with Gasteiger partial charge >= 0.3 is 0 Å². The number of terminal acetylenes is 1. The van der Waals surface area contributed by atoms with Crippen LogP contribution >= 0.6 is 0 Å². The molecule has 0 unspecified atom stereocenters. The van der Waals surface area contributed by atoms with Gasteiger partial charge in [0.1, 0.15) is 5.75 Å². The van der Waals surface area contributed by atoms with Crippen LogP contribution in [0.1, 0.15) is 17.7 Å². The second-order valence-corrected chi connectivity index (χ2v) is 3.68. The Morgan fingerprint density at radius 2 is 2.12 bits per heavy atom. The summed E-state index contributed by atoms with van der Waals surface area (Å²) in [5.41, 5.74) is 1.94. The van der Waals surface area contributed by atoms with Gasteiger partial charge in [-0.05, 0) is 37.1 Å². The number of nitrogens with zero attached hydrogens (tertiary/aromatic N) is 1. The number of hydrogen-bond donors (Lipinski definition) is 1. The van der Waals surface area contributed by atoms with Gasteiger partial charge < -0.3 is 9.72 Å². The van der Waals surface area contributed by atoms with Crippen LogP contribution in [-0.2, 0) is 6.42 Å². The highest BCUT2D eigenvalue weighted by atomic mass is 16.5. The summed E-state index contributed by atoms with van der Waals surface area (Å²) in [4.78, 5) is 7.08. The molecule has 0 fully saturated rings. The van der Waals surface area contributed by atoms with Crippen LogP contribution < -0.4 is 4.74 Å². The number of H-pyrrole nitrogens is 1. The molecule has 0 saturated carbocycles. The zero-order chi connectivity index (χ0) is 11.9. The van der Waals surface area contributed by atoms with Crippen molar-refractivity contribution in [2.45, 2.75) is 12.8 Å². The minimum atomic E-state index is 0.683. The first kappa shape index (κ1) is 11.3. The van der Waals surface area contributed by atoms with E-state index in [4.69, 9.17) is 11.2 Å². The van der Waals surface area contributed by atoms with E-state index < -0.39 is 0 Å². The number of benzene rings is 1. The number of aromatic amines is 1. The van der Waals surface area contributed by atoms with Crippen molar-refractivity contribution >= 4 is 0 Å². The lowest BCUT2D eigenvalue weighted by Crippen LogP contribution is -1.99. The molecule has 3 heteroatoms. The first-order valence-corrected chi connectivity index (χ1v) is 5.55. The summed E-state index contributed by atoms with van der Waals surface area (Å²) in [7, 11) is 0. The van der Waals surface area contributed by atoms with Crippen molar-refractivity contribution < 1.29 is 4.74 Å². The highest BCUT2D eigenvalue weighted by Crippen LogP contribution is 2.12. The molecule has 0 saturated heterocycles. The maximum atomic E-state index is 5.60. The van der Waals surface area contributed by atoms with E-state index in [0.29, 0.717) is 6.61 Å². The summed E-state index contributed by atoms with van der Waals surface area (Å²) in [6.07, 6.45) is 10.7. The lowest BCUT2D eigenvalue weighted by molar-refractivity contribution is 0.310. The Hall–Kier alpha value is -2.21.